The van der Waals surface area contributed by atoms with Crippen LogP contribution in [0.2, 0.25) is 5.02 Å². The molecule has 0 spiro atoms. The number of fused-ring (bicyclic) bond motifs is 1. The minimum Gasteiger partial charge on any atom is -0.351 e. The minimum absolute atomic E-state index is 0.0276. The van der Waals surface area contributed by atoms with Crippen LogP contribution < -0.4 is 16.8 Å². The van der Waals surface area contributed by atoms with Crippen LogP contribution in [0.1, 0.15) is 17.5 Å². The molecule has 5 N–H and O–H groups in total. The van der Waals surface area contributed by atoms with Crippen molar-refractivity contribution in [1.82, 2.24) is 14.8 Å². The van der Waals surface area contributed by atoms with Gasteiger partial charge in [-0.1, -0.05) is 41.9 Å². The van der Waals surface area contributed by atoms with Gasteiger partial charge in [-0.25, -0.2) is 9.18 Å². The number of nitrogens with one attached hydrogen (secondary N) is 1. The molecule has 1 fully saturated rings. The zero-order valence-corrected chi connectivity index (χ0v) is 18.4. The molecule has 0 unspecified atom stereocenters. The fourth-order valence-corrected chi connectivity index (χ4v) is 4.41. The summed E-state index contributed by atoms with van der Waals surface area (Å²) in [7, 11) is 0. The number of primary amides is 1. The quantitative estimate of drug-likeness (QED) is 0.527. The maximum absolute atomic E-state index is 14.1. The van der Waals surface area contributed by atoms with Gasteiger partial charge < -0.3 is 21.7 Å². The van der Waals surface area contributed by atoms with Gasteiger partial charge in [0.15, 0.2) is 0 Å². The Hall–Kier alpha value is -3.43. The highest BCUT2D eigenvalue weighted by molar-refractivity contribution is 6.30. The number of carbonyl (C=O) groups excluding carboxylic acids is 3. The van der Waals surface area contributed by atoms with E-state index in [1.165, 1.54) is 27.8 Å². The van der Waals surface area contributed by atoms with Crippen molar-refractivity contribution in [1.29, 1.82) is 0 Å². The Morgan fingerprint density at radius 3 is 2.64 bits per heavy atom. The molecule has 33 heavy (non-hydrogen) atoms. The van der Waals surface area contributed by atoms with E-state index in [0.717, 1.165) is 5.39 Å². The number of hydrogen-bond acceptors (Lipinski definition) is 4. The highest BCUT2D eigenvalue weighted by Crippen LogP contribution is 2.24. The molecule has 8 nitrogen and oxygen atoms in total. The molecule has 1 aliphatic rings. The summed E-state index contributed by atoms with van der Waals surface area (Å²) >= 11 is 5.79. The second-order valence-electron chi connectivity index (χ2n) is 8.04. The maximum Gasteiger partial charge on any atom is 0.323 e. The molecular weight excluding hydrogens is 449 g/mol. The Labute approximate surface area is 194 Å². The molecule has 0 bridgehead atoms. The maximum atomic E-state index is 14.1. The SMILES string of the molecule is NC(=O)n1cc(CC(=O)N2C[C@@H](N)C[C@H]2C(=O)NCc2cccc(Cl)c2F)c2ccccc21. The largest absolute Gasteiger partial charge is 0.351 e. The summed E-state index contributed by atoms with van der Waals surface area (Å²) in [6.45, 7) is 0.155. The summed E-state index contributed by atoms with van der Waals surface area (Å²) in [5.41, 5.74) is 13.0. The van der Waals surface area contributed by atoms with Crippen molar-refractivity contribution in [3.63, 3.8) is 0 Å². The third-order valence-corrected chi connectivity index (χ3v) is 6.11. The molecule has 0 saturated carbocycles. The lowest BCUT2D eigenvalue weighted by Crippen LogP contribution is -2.46. The van der Waals surface area contributed by atoms with Crippen LogP contribution in [0.15, 0.2) is 48.7 Å². The smallest absolute Gasteiger partial charge is 0.323 e. The van der Waals surface area contributed by atoms with E-state index in [2.05, 4.69) is 5.32 Å². The van der Waals surface area contributed by atoms with Crippen molar-refractivity contribution in [2.24, 2.45) is 11.5 Å². The Bertz CT molecular complexity index is 1240. The topological polar surface area (TPSA) is 123 Å². The standard InChI is InChI=1S/C23H23ClFN5O3/c24-17-6-3-4-13(21(17)25)10-28-22(32)19-9-15(26)12-29(19)20(31)8-14-11-30(23(27)33)18-7-2-1-5-16(14)18/h1-7,11,15,19H,8-10,12,26H2,(H2,27,33)(H,28,32)/t15-,19-/m0/s1. The first-order valence-electron chi connectivity index (χ1n) is 10.4. The molecule has 0 aliphatic carbocycles. The Balaban J connectivity index is 1.50. The molecule has 1 aliphatic heterocycles. The molecule has 2 heterocycles. The predicted octanol–water partition coefficient (Wildman–Crippen LogP) is 2.15. The number of halogens is 2. The van der Waals surface area contributed by atoms with Crippen molar-refractivity contribution >= 4 is 40.3 Å². The van der Waals surface area contributed by atoms with Gasteiger partial charge in [-0.05, 0) is 24.1 Å². The van der Waals surface area contributed by atoms with Gasteiger partial charge in [0.2, 0.25) is 11.8 Å². The molecule has 3 aromatic rings. The van der Waals surface area contributed by atoms with Gasteiger partial charge in [0.05, 0.1) is 17.0 Å². The van der Waals surface area contributed by atoms with Crippen molar-refractivity contribution in [3.8, 4) is 0 Å². The third-order valence-electron chi connectivity index (χ3n) is 5.81. The molecule has 1 saturated heterocycles. The number of hydrogen-bond donors (Lipinski definition) is 3. The van der Waals surface area contributed by atoms with Crippen LogP contribution in [0.3, 0.4) is 0 Å². The molecule has 0 radical (unpaired) electrons. The number of carbonyl (C=O) groups is 3. The predicted molar refractivity (Wildman–Crippen MR) is 122 cm³/mol. The zero-order chi connectivity index (χ0) is 23.7. The summed E-state index contributed by atoms with van der Waals surface area (Å²) in [4.78, 5) is 39.2. The summed E-state index contributed by atoms with van der Waals surface area (Å²) < 4.78 is 15.4. The molecule has 2 aromatic carbocycles. The van der Waals surface area contributed by atoms with Gasteiger partial charge in [-0.2, -0.15) is 0 Å². The van der Waals surface area contributed by atoms with Gasteiger partial charge in [-0.3, -0.25) is 14.2 Å². The number of benzene rings is 2. The molecule has 2 atom stereocenters. The van der Waals surface area contributed by atoms with E-state index in [1.54, 1.807) is 30.3 Å². The Morgan fingerprint density at radius 2 is 1.88 bits per heavy atom. The first kappa shape index (κ1) is 22.8. The monoisotopic (exact) mass is 471 g/mol. The molecular formula is C23H23ClFN5O3. The highest BCUT2D eigenvalue weighted by Gasteiger charge is 2.38. The van der Waals surface area contributed by atoms with Gasteiger partial charge >= 0.3 is 6.03 Å². The van der Waals surface area contributed by atoms with E-state index in [4.69, 9.17) is 23.1 Å². The number of likely N-dealkylation sites (tertiary alicyclic amines) is 1. The normalized spacial score (nSPS) is 18.0. The lowest BCUT2D eigenvalue weighted by molar-refractivity contribution is -0.138. The second-order valence-corrected chi connectivity index (χ2v) is 8.45. The Morgan fingerprint density at radius 1 is 1.12 bits per heavy atom. The number of para-hydroxylation sites is 1. The van der Waals surface area contributed by atoms with E-state index in [-0.39, 0.29) is 42.0 Å². The number of amides is 3. The van der Waals surface area contributed by atoms with Crippen molar-refractivity contribution in [2.45, 2.75) is 31.5 Å². The first-order valence-corrected chi connectivity index (χ1v) is 10.8. The van der Waals surface area contributed by atoms with Gasteiger partial charge in [0.25, 0.3) is 0 Å². The summed E-state index contributed by atoms with van der Waals surface area (Å²) in [6.07, 6.45) is 1.80. The van der Waals surface area contributed by atoms with Gasteiger partial charge in [0.1, 0.15) is 11.9 Å². The highest BCUT2D eigenvalue weighted by atomic mass is 35.5. The van der Waals surface area contributed by atoms with Crippen molar-refractivity contribution in [3.05, 3.63) is 70.6 Å². The fourth-order valence-electron chi connectivity index (χ4n) is 4.22. The van der Waals surface area contributed by atoms with Gasteiger partial charge in [0, 0.05) is 36.3 Å². The van der Waals surface area contributed by atoms with Gasteiger partial charge in [-0.15, -0.1) is 0 Å². The summed E-state index contributed by atoms with van der Waals surface area (Å²) in [5.74, 6) is -1.32. The van der Waals surface area contributed by atoms with E-state index in [0.29, 0.717) is 17.5 Å². The number of aromatic nitrogens is 1. The zero-order valence-electron chi connectivity index (χ0n) is 17.6. The lowest BCUT2D eigenvalue weighted by Gasteiger charge is -2.24. The van der Waals surface area contributed by atoms with E-state index < -0.39 is 23.8 Å². The average Bonchev–Trinajstić information content (AvgIpc) is 3.36. The molecule has 4 rings (SSSR count). The second kappa shape index (κ2) is 9.21. The summed E-state index contributed by atoms with van der Waals surface area (Å²) in [5, 5.41) is 3.37. The Kier molecular flexibility index (Phi) is 6.35. The van der Waals surface area contributed by atoms with Crippen LogP contribution in [0.5, 0.6) is 0 Å². The molecule has 10 heteroatoms. The van der Waals surface area contributed by atoms with E-state index in [9.17, 15) is 18.8 Å². The molecule has 3 amide bonds. The minimum atomic E-state index is -0.778. The van der Waals surface area contributed by atoms with E-state index >= 15 is 0 Å². The first-order chi connectivity index (χ1) is 15.8. The summed E-state index contributed by atoms with van der Waals surface area (Å²) in [6, 6.07) is 9.87. The number of rotatable bonds is 5. The van der Waals surface area contributed by atoms with Crippen LogP contribution in [0, 0.1) is 5.82 Å². The number of nitrogens with zero attached hydrogens (tertiary/aromatic N) is 2. The van der Waals surface area contributed by atoms with Crippen LogP contribution in [-0.2, 0) is 22.6 Å². The van der Waals surface area contributed by atoms with Crippen molar-refractivity contribution in [2.75, 3.05) is 6.54 Å². The number of nitrogens with two attached hydrogens (primary N) is 2. The van der Waals surface area contributed by atoms with Crippen molar-refractivity contribution < 1.29 is 18.8 Å². The third kappa shape index (κ3) is 4.55. The fraction of sp³-hybridized carbons (Fsp3) is 0.261. The lowest BCUT2D eigenvalue weighted by atomic mass is 10.1. The van der Waals surface area contributed by atoms with Crippen LogP contribution >= 0.6 is 11.6 Å². The van der Waals surface area contributed by atoms with Crippen LogP contribution in [0.4, 0.5) is 9.18 Å². The van der Waals surface area contributed by atoms with Crippen LogP contribution in [0.25, 0.3) is 10.9 Å². The van der Waals surface area contributed by atoms with Crippen LogP contribution in [-0.4, -0.2) is 45.9 Å². The van der Waals surface area contributed by atoms with E-state index in [1.807, 2.05) is 0 Å². The molecule has 172 valence electrons. The molecule has 1 aromatic heterocycles. The average molecular weight is 472 g/mol.